The van der Waals surface area contributed by atoms with Gasteiger partial charge in [-0.3, -0.25) is 19.3 Å². The van der Waals surface area contributed by atoms with Crippen LogP contribution in [0.5, 0.6) is 0 Å². The summed E-state index contributed by atoms with van der Waals surface area (Å²) in [5, 5.41) is 15.6. The molecule has 8 nitrogen and oxygen atoms in total. The van der Waals surface area contributed by atoms with E-state index in [1.165, 1.54) is 11.8 Å². The predicted octanol–water partition coefficient (Wildman–Crippen LogP) is 2.73. The number of hydrogen-bond acceptors (Lipinski definition) is 6. The maximum absolute atomic E-state index is 12.8. The van der Waals surface area contributed by atoms with Gasteiger partial charge in [-0.15, -0.1) is 10.2 Å². The van der Waals surface area contributed by atoms with Gasteiger partial charge in [0.2, 0.25) is 5.91 Å². The van der Waals surface area contributed by atoms with E-state index in [-0.39, 0.29) is 17.2 Å². The van der Waals surface area contributed by atoms with Gasteiger partial charge in [0.1, 0.15) is 6.04 Å². The Morgan fingerprint density at radius 2 is 2.07 bits per heavy atom. The van der Waals surface area contributed by atoms with Crippen molar-refractivity contribution in [1.29, 1.82) is 0 Å². The molecule has 3 rings (SSSR count). The third kappa shape index (κ3) is 4.25. The molecule has 3 aromatic rings. The minimum Gasteiger partial charge on any atom is -0.324 e. The molecule has 27 heavy (non-hydrogen) atoms. The number of nitrogens with zero attached hydrogens (tertiary/aromatic N) is 4. The van der Waals surface area contributed by atoms with Crippen molar-refractivity contribution in [1.82, 2.24) is 25.0 Å². The molecule has 0 aliphatic rings. The second-order valence-corrected chi connectivity index (χ2v) is 6.94. The van der Waals surface area contributed by atoms with Gasteiger partial charge in [0, 0.05) is 18.0 Å². The molecule has 140 valence electrons. The number of benzene rings is 1. The van der Waals surface area contributed by atoms with Crippen LogP contribution in [0, 0.1) is 0 Å². The van der Waals surface area contributed by atoms with E-state index in [1.807, 2.05) is 13.8 Å². The Morgan fingerprint density at radius 1 is 1.26 bits per heavy atom. The van der Waals surface area contributed by atoms with Crippen molar-refractivity contribution < 1.29 is 4.79 Å². The van der Waals surface area contributed by atoms with Crippen LogP contribution in [0.25, 0.3) is 11.3 Å². The number of nitrogens with one attached hydrogen (secondary N) is 2. The third-order valence-electron chi connectivity index (χ3n) is 3.93. The fourth-order valence-electron chi connectivity index (χ4n) is 2.67. The molecule has 0 saturated carbocycles. The number of H-pyrrole nitrogens is 1. The summed E-state index contributed by atoms with van der Waals surface area (Å²) in [5.41, 5.74) is 0.840. The van der Waals surface area contributed by atoms with Gasteiger partial charge in [0.25, 0.3) is 5.56 Å². The topological polar surface area (TPSA) is 106 Å². The molecule has 0 aliphatic heterocycles. The molecule has 2 N–H and O–H groups in total. The van der Waals surface area contributed by atoms with Gasteiger partial charge < -0.3 is 5.32 Å². The van der Waals surface area contributed by atoms with Crippen LogP contribution in [0.3, 0.4) is 0 Å². The summed E-state index contributed by atoms with van der Waals surface area (Å²) in [5.74, 6) is 0.568. The van der Waals surface area contributed by atoms with Crippen LogP contribution in [0.1, 0.15) is 26.3 Å². The first-order valence-corrected chi connectivity index (χ1v) is 9.61. The van der Waals surface area contributed by atoms with Crippen LogP contribution in [0.2, 0.25) is 0 Å². The molecular formula is C18H20N6O2S. The number of aromatic amines is 1. The van der Waals surface area contributed by atoms with E-state index >= 15 is 0 Å². The molecule has 0 aliphatic carbocycles. The highest BCUT2D eigenvalue weighted by Crippen LogP contribution is 2.25. The normalized spacial score (nSPS) is 11.9. The number of hydrogen-bond donors (Lipinski definition) is 2. The van der Waals surface area contributed by atoms with Crippen molar-refractivity contribution in [3.63, 3.8) is 0 Å². The minimum atomic E-state index is -0.444. The van der Waals surface area contributed by atoms with Gasteiger partial charge in [0.15, 0.2) is 10.9 Å². The first-order chi connectivity index (χ1) is 13.1. The Morgan fingerprint density at radius 3 is 2.74 bits per heavy atom. The minimum absolute atomic E-state index is 0.165. The lowest BCUT2D eigenvalue weighted by molar-refractivity contribution is -0.119. The molecular weight excluding hydrogens is 364 g/mol. The number of anilines is 1. The molecule has 2 heterocycles. The summed E-state index contributed by atoms with van der Waals surface area (Å²) in [6, 6.07) is 8.37. The summed E-state index contributed by atoms with van der Waals surface area (Å²) < 4.78 is 1.61. The second-order valence-electron chi connectivity index (χ2n) is 5.69. The fourth-order valence-corrected chi connectivity index (χ4v) is 3.21. The molecule has 1 amide bonds. The smallest absolute Gasteiger partial charge is 0.278 e. The zero-order valence-corrected chi connectivity index (χ0v) is 15.9. The number of carbonyl (C=O) groups is 1. The van der Waals surface area contributed by atoms with Crippen molar-refractivity contribution in [2.75, 3.05) is 11.1 Å². The van der Waals surface area contributed by atoms with Crippen molar-refractivity contribution in [2.45, 2.75) is 31.5 Å². The Balaban J connectivity index is 1.91. The van der Waals surface area contributed by atoms with Crippen molar-refractivity contribution in [2.24, 2.45) is 0 Å². The van der Waals surface area contributed by atoms with E-state index in [4.69, 9.17) is 0 Å². The molecule has 2 aromatic heterocycles. The van der Waals surface area contributed by atoms with Gasteiger partial charge in [-0.05, 0) is 24.3 Å². The summed E-state index contributed by atoms with van der Waals surface area (Å²) in [6.45, 7) is 3.88. The highest BCUT2D eigenvalue weighted by atomic mass is 32.2. The SMILES string of the molecule is CCSc1nnc(-c2ccccc2NC(=O)[C@@H](CC)n2cccn2)c(=O)[nH]1. The number of amides is 1. The Kier molecular flexibility index (Phi) is 6.02. The van der Waals surface area contributed by atoms with Gasteiger partial charge >= 0.3 is 0 Å². The highest BCUT2D eigenvalue weighted by Gasteiger charge is 2.21. The van der Waals surface area contributed by atoms with Crippen molar-refractivity contribution in [3.05, 3.63) is 53.1 Å². The zero-order valence-electron chi connectivity index (χ0n) is 15.0. The Bertz CT molecular complexity index is 970. The molecule has 1 atom stereocenters. The lowest BCUT2D eigenvalue weighted by atomic mass is 10.1. The fraction of sp³-hybridized carbons (Fsp3) is 0.278. The third-order valence-corrected chi connectivity index (χ3v) is 4.68. The van der Waals surface area contributed by atoms with Crippen molar-refractivity contribution >= 4 is 23.4 Å². The summed E-state index contributed by atoms with van der Waals surface area (Å²) in [6.07, 6.45) is 3.97. The van der Waals surface area contributed by atoms with E-state index in [9.17, 15) is 9.59 Å². The van der Waals surface area contributed by atoms with Gasteiger partial charge in [-0.2, -0.15) is 5.10 Å². The van der Waals surface area contributed by atoms with Gasteiger partial charge in [-0.1, -0.05) is 43.8 Å². The molecule has 1 aromatic carbocycles. The summed E-state index contributed by atoms with van der Waals surface area (Å²) in [4.78, 5) is 27.9. The number of para-hydroxylation sites is 1. The van der Waals surface area contributed by atoms with E-state index in [0.29, 0.717) is 22.8 Å². The standard InChI is InChI=1S/C18H20N6O2S/c1-3-14(24-11-7-10-19-24)16(25)20-13-9-6-5-8-12(13)15-17(26)21-18(23-22-15)27-4-2/h5-11,14H,3-4H2,1-2H3,(H,20,25)(H,21,23,26)/t14-/m1/s1. The Hall–Kier alpha value is -2.94. The molecule has 0 bridgehead atoms. The van der Waals surface area contributed by atoms with Crippen LogP contribution < -0.4 is 10.9 Å². The average molecular weight is 384 g/mol. The molecule has 0 saturated heterocycles. The van der Waals surface area contributed by atoms with E-state index in [1.54, 1.807) is 47.4 Å². The van der Waals surface area contributed by atoms with E-state index in [0.717, 1.165) is 5.75 Å². The molecule has 9 heteroatoms. The Labute approximate surface area is 160 Å². The van der Waals surface area contributed by atoms with Gasteiger partial charge in [-0.25, -0.2) is 0 Å². The summed E-state index contributed by atoms with van der Waals surface area (Å²) in [7, 11) is 0. The number of rotatable bonds is 7. The van der Waals surface area contributed by atoms with Gasteiger partial charge in [0.05, 0.1) is 5.69 Å². The molecule has 0 radical (unpaired) electrons. The highest BCUT2D eigenvalue weighted by molar-refractivity contribution is 7.99. The van der Waals surface area contributed by atoms with Crippen LogP contribution in [0.15, 0.2) is 52.7 Å². The molecule has 0 fully saturated rings. The first-order valence-electron chi connectivity index (χ1n) is 8.63. The number of thioether (sulfide) groups is 1. The van der Waals surface area contributed by atoms with E-state index < -0.39 is 6.04 Å². The predicted molar refractivity (Wildman–Crippen MR) is 105 cm³/mol. The maximum atomic E-state index is 12.8. The van der Waals surface area contributed by atoms with Crippen LogP contribution >= 0.6 is 11.8 Å². The molecule has 0 spiro atoms. The summed E-state index contributed by atoms with van der Waals surface area (Å²) >= 11 is 1.40. The lowest BCUT2D eigenvalue weighted by Crippen LogP contribution is -2.26. The van der Waals surface area contributed by atoms with Crippen molar-refractivity contribution in [3.8, 4) is 11.3 Å². The van der Waals surface area contributed by atoms with Crippen LogP contribution in [0.4, 0.5) is 5.69 Å². The first kappa shape index (κ1) is 18.8. The lowest BCUT2D eigenvalue weighted by Gasteiger charge is -2.17. The average Bonchev–Trinajstić information content (AvgIpc) is 3.18. The molecule has 0 unspecified atom stereocenters. The maximum Gasteiger partial charge on any atom is 0.278 e. The quantitative estimate of drug-likeness (QED) is 0.607. The zero-order chi connectivity index (χ0) is 19.2. The number of aromatic nitrogens is 5. The van der Waals surface area contributed by atoms with Crippen LogP contribution in [-0.4, -0.2) is 36.6 Å². The monoisotopic (exact) mass is 384 g/mol. The largest absolute Gasteiger partial charge is 0.324 e. The second kappa shape index (κ2) is 8.63. The van der Waals surface area contributed by atoms with E-state index in [2.05, 4.69) is 25.6 Å². The van der Waals surface area contributed by atoms with Crippen LogP contribution in [-0.2, 0) is 4.79 Å². The number of carbonyl (C=O) groups excluding carboxylic acids is 1.